The molecule has 160 valence electrons. The maximum Gasteiger partial charge on any atom is 0.309 e. The van der Waals surface area contributed by atoms with Gasteiger partial charge in [0.2, 0.25) is 15.9 Å². The van der Waals surface area contributed by atoms with E-state index in [0.717, 1.165) is 18.9 Å². The first-order valence-electron chi connectivity index (χ1n) is 8.94. The van der Waals surface area contributed by atoms with Crippen LogP contribution >= 0.6 is 0 Å². The van der Waals surface area contributed by atoms with Gasteiger partial charge in [0, 0.05) is 26.1 Å². The van der Waals surface area contributed by atoms with Gasteiger partial charge in [-0.05, 0) is 12.3 Å². The summed E-state index contributed by atoms with van der Waals surface area (Å²) < 4.78 is 29.1. The third-order valence-corrected chi connectivity index (χ3v) is 4.10. The van der Waals surface area contributed by atoms with E-state index in [1.165, 1.54) is 0 Å². The molecule has 0 radical (unpaired) electrons. The number of hydrazine groups is 1. The van der Waals surface area contributed by atoms with Crippen LogP contribution in [0, 0.1) is 5.92 Å². The summed E-state index contributed by atoms with van der Waals surface area (Å²) in [6.07, 6.45) is 2.17. The summed E-state index contributed by atoms with van der Waals surface area (Å²) in [5.74, 6) is -0.333. The highest BCUT2D eigenvalue weighted by Gasteiger charge is 2.17. The fraction of sp³-hybridized carbons (Fsp3) is 0.688. The number of carbonyl (C=O) groups is 2. The first kappa shape index (κ1) is 23.9. The fourth-order valence-electron chi connectivity index (χ4n) is 2.11. The maximum atomic E-state index is 12.0. The Morgan fingerprint density at radius 1 is 1.36 bits per heavy atom. The number of aromatic nitrogens is 1. The normalized spacial score (nSPS) is 12.8. The molecule has 0 fully saturated rings. The predicted octanol–water partition coefficient (Wildman–Crippen LogP) is -0.0739. The Balaban J connectivity index is 2.44. The molecule has 1 rings (SSSR count). The van der Waals surface area contributed by atoms with Crippen molar-refractivity contribution in [3.63, 3.8) is 0 Å². The standard InChI is InChI=1S/C16H29N5O6S/c1-5-21(19-14(23)7-6-11(2)3)9-12(22)8-17-15(24)13-10-27-16(18-13)20-28(4,25)26/h10-12,22H,5-9H2,1-4H3,(H,17,24)(H,18,20)(H,19,23). The molecule has 0 saturated carbocycles. The first-order valence-corrected chi connectivity index (χ1v) is 10.8. The molecule has 0 aromatic carbocycles. The van der Waals surface area contributed by atoms with Gasteiger partial charge in [0.25, 0.3) is 5.91 Å². The highest BCUT2D eigenvalue weighted by atomic mass is 32.2. The molecule has 0 spiro atoms. The molecule has 0 aliphatic heterocycles. The summed E-state index contributed by atoms with van der Waals surface area (Å²) in [6, 6.07) is -0.325. The molecule has 0 bridgehead atoms. The van der Waals surface area contributed by atoms with E-state index in [2.05, 4.69) is 15.7 Å². The van der Waals surface area contributed by atoms with Gasteiger partial charge < -0.3 is 14.8 Å². The molecule has 0 aliphatic carbocycles. The van der Waals surface area contributed by atoms with Crippen molar-refractivity contribution in [3.8, 4) is 0 Å². The summed E-state index contributed by atoms with van der Waals surface area (Å²) in [4.78, 5) is 27.6. The number of oxazole rings is 1. The quantitative estimate of drug-likeness (QED) is 0.343. The van der Waals surface area contributed by atoms with Crippen molar-refractivity contribution in [2.75, 3.05) is 30.6 Å². The highest BCUT2D eigenvalue weighted by Crippen LogP contribution is 2.08. The number of aliphatic hydroxyl groups excluding tert-OH is 1. The van der Waals surface area contributed by atoms with Gasteiger partial charge in [0.05, 0.1) is 12.4 Å². The number of carbonyl (C=O) groups excluding carboxylic acids is 2. The molecule has 1 unspecified atom stereocenters. The third-order valence-electron chi connectivity index (χ3n) is 3.55. The second-order valence-electron chi connectivity index (χ2n) is 6.78. The van der Waals surface area contributed by atoms with Crippen LogP contribution in [-0.4, -0.2) is 67.3 Å². The number of hydrogen-bond acceptors (Lipinski definition) is 8. The Morgan fingerprint density at radius 3 is 2.61 bits per heavy atom. The van der Waals surface area contributed by atoms with Crippen molar-refractivity contribution in [2.45, 2.75) is 39.7 Å². The zero-order valence-corrected chi connectivity index (χ0v) is 17.4. The van der Waals surface area contributed by atoms with Gasteiger partial charge >= 0.3 is 6.01 Å². The second kappa shape index (κ2) is 11.0. The lowest BCUT2D eigenvalue weighted by Gasteiger charge is -2.24. The molecule has 2 amide bonds. The van der Waals surface area contributed by atoms with Crippen LogP contribution in [0.25, 0.3) is 0 Å². The zero-order chi connectivity index (χ0) is 21.3. The maximum absolute atomic E-state index is 12.0. The first-order chi connectivity index (χ1) is 13.0. The van der Waals surface area contributed by atoms with Crippen molar-refractivity contribution in [3.05, 3.63) is 12.0 Å². The Hall–Kier alpha value is -2.18. The average molecular weight is 420 g/mol. The van der Waals surface area contributed by atoms with E-state index in [9.17, 15) is 23.1 Å². The van der Waals surface area contributed by atoms with Crippen LogP contribution in [0.15, 0.2) is 10.7 Å². The summed E-state index contributed by atoms with van der Waals surface area (Å²) in [6.45, 7) is 6.43. The van der Waals surface area contributed by atoms with Crippen molar-refractivity contribution in [1.29, 1.82) is 0 Å². The van der Waals surface area contributed by atoms with Crippen LogP contribution in [0.5, 0.6) is 0 Å². The highest BCUT2D eigenvalue weighted by molar-refractivity contribution is 7.91. The van der Waals surface area contributed by atoms with E-state index >= 15 is 0 Å². The number of aliphatic hydroxyl groups is 1. The number of nitrogens with one attached hydrogen (secondary N) is 3. The lowest BCUT2D eigenvalue weighted by atomic mass is 10.1. The van der Waals surface area contributed by atoms with Gasteiger partial charge in [0.1, 0.15) is 6.26 Å². The number of hydrogen-bond donors (Lipinski definition) is 4. The zero-order valence-electron chi connectivity index (χ0n) is 16.6. The van der Waals surface area contributed by atoms with Gasteiger partial charge in [-0.25, -0.2) is 18.1 Å². The minimum absolute atomic E-state index is 0.0844. The molecule has 28 heavy (non-hydrogen) atoms. The van der Waals surface area contributed by atoms with Gasteiger partial charge in [-0.1, -0.05) is 20.8 Å². The van der Waals surface area contributed by atoms with Crippen LogP contribution < -0.4 is 15.5 Å². The SMILES string of the molecule is CCN(CC(O)CNC(=O)c1coc(NS(C)(=O)=O)n1)NC(=O)CCC(C)C. The molecular weight excluding hydrogens is 390 g/mol. The molecule has 11 nitrogen and oxygen atoms in total. The third kappa shape index (κ3) is 9.67. The number of sulfonamides is 1. The number of nitrogens with zero attached hydrogens (tertiary/aromatic N) is 2. The van der Waals surface area contributed by atoms with Crippen LogP contribution in [-0.2, 0) is 14.8 Å². The van der Waals surface area contributed by atoms with Crippen molar-refractivity contribution >= 4 is 27.9 Å². The lowest BCUT2D eigenvalue weighted by molar-refractivity contribution is -0.126. The monoisotopic (exact) mass is 419 g/mol. The van der Waals surface area contributed by atoms with E-state index in [-0.39, 0.29) is 30.7 Å². The minimum atomic E-state index is -3.57. The predicted molar refractivity (Wildman–Crippen MR) is 103 cm³/mol. The van der Waals surface area contributed by atoms with Crippen molar-refractivity contribution in [2.24, 2.45) is 5.92 Å². The Labute approximate surface area is 164 Å². The van der Waals surface area contributed by atoms with Gasteiger partial charge in [-0.15, -0.1) is 0 Å². The molecule has 1 aromatic rings. The molecule has 4 N–H and O–H groups in total. The van der Waals surface area contributed by atoms with E-state index in [1.807, 2.05) is 25.5 Å². The van der Waals surface area contributed by atoms with Gasteiger partial charge in [0.15, 0.2) is 5.69 Å². The fourth-order valence-corrected chi connectivity index (χ4v) is 2.52. The van der Waals surface area contributed by atoms with Crippen LogP contribution in [0.3, 0.4) is 0 Å². The van der Waals surface area contributed by atoms with Crippen LogP contribution in [0.2, 0.25) is 0 Å². The van der Waals surface area contributed by atoms with E-state index in [0.29, 0.717) is 18.9 Å². The number of anilines is 1. The van der Waals surface area contributed by atoms with E-state index in [1.54, 1.807) is 5.01 Å². The average Bonchev–Trinajstić information content (AvgIpc) is 3.03. The molecule has 12 heteroatoms. The molecular formula is C16H29N5O6S. The van der Waals surface area contributed by atoms with Gasteiger partial charge in [-0.2, -0.15) is 4.98 Å². The summed E-state index contributed by atoms with van der Waals surface area (Å²) >= 11 is 0. The van der Waals surface area contributed by atoms with E-state index in [4.69, 9.17) is 4.42 Å². The smallest absolute Gasteiger partial charge is 0.309 e. The Kier molecular flexibility index (Phi) is 9.35. The van der Waals surface area contributed by atoms with Crippen LogP contribution in [0.4, 0.5) is 6.01 Å². The summed E-state index contributed by atoms with van der Waals surface area (Å²) in [5.41, 5.74) is 2.59. The minimum Gasteiger partial charge on any atom is -0.431 e. The lowest BCUT2D eigenvalue weighted by Crippen LogP contribution is -2.48. The Bertz CT molecular complexity index is 748. The number of amides is 2. The largest absolute Gasteiger partial charge is 0.431 e. The number of likely N-dealkylation sites (N-methyl/N-ethyl adjacent to an activating group) is 1. The molecule has 1 atom stereocenters. The van der Waals surface area contributed by atoms with Crippen molar-refractivity contribution in [1.82, 2.24) is 20.7 Å². The van der Waals surface area contributed by atoms with Crippen LogP contribution in [0.1, 0.15) is 44.1 Å². The molecule has 0 aliphatic rings. The van der Waals surface area contributed by atoms with E-state index < -0.39 is 22.0 Å². The second-order valence-corrected chi connectivity index (χ2v) is 8.53. The summed E-state index contributed by atoms with van der Waals surface area (Å²) in [5, 5.41) is 14.1. The summed E-state index contributed by atoms with van der Waals surface area (Å²) in [7, 11) is -3.57. The molecule has 1 aromatic heterocycles. The van der Waals surface area contributed by atoms with Crippen molar-refractivity contribution < 1.29 is 27.5 Å². The Morgan fingerprint density at radius 2 is 2.04 bits per heavy atom. The number of rotatable bonds is 12. The topological polar surface area (TPSA) is 154 Å². The van der Waals surface area contributed by atoms with Gasteiger partial charge in [-0.3, -0.25) is 15.0 Å². The molecule has 1 heterocycles. The molecule has 0 saturated heterocycles.